The van der Waals surface area contributed by atoms with Gasteiger partial charge in [-0.2, -0.15) is 0 Å². The van der Waals surface area contributed by atoms with Crippen LogP contribution in [0.5, 0.6) is 0 Å². The van der Waals surface area contributed by atoms with Gasteiger partial charge in [-0.05, 0) is 32.4 Å². The molecule has 1 aromatic heterocycles. The lowest BCUT2D eigenvalue weighted by Crippen LogP contribution is -2.37. The molecule has 1 fully saturated rings. The Morgan fingerprint density at radius 1 is 1.29 bits per heavy atom. The number of urea groups is 1. The monoisotopic (exact) mass is 328 g/mol. The Hall–Kier alpha value is -2.83. The summed E-state index contributed by atoms with van der Waals surface area (Å²) >= 11 is 0. The van der Waals surface area contributed by atoms with Crippen LogP contribution in [-0.4, -0.2) is 44.9 Å². The molecule has 1 unspecified atom stereocenters. The Kier molecular flexibility index (Phi) is 4.01. The highest BCUT2D eigenvalue weighted by Crippen LogP contribution is 2.30. The summed E-state index contributed by atoms with van der Waals surface area (Å²) in [5.41, 5.74) is 0.930. The quantitative estimate of drug-likeness (QED) is 0.906. The number of aromatic nitrogens is 2. The smallest absolute Gasteiger partial charge is 0.323 e. The molecule has 1 saturated heterocycles. The van der Waals surface area contributed by atoms with E-state index in [-0.39, 0.29) is 12.6 Å². The zero-order valence-corrected chi connectivity index (χ0v) is 13.7. The summed E-state index contributed by atoms with van der Waals surface area (Å²) in [5.74, 6) is -0.424. The van der Waals surface area contributed by atoms with Crippen LogP contribution in [0.15, 0.2) is 36.4 Å². The third-order valence-corrected chi connectivity index (χ3v) is 4.40. The number of aliphatic carboxylic acids is 1. The molecular formula is C17H20N4O3. The summed E-state index contributed by atoms with van der Waals surface area (Å²) in [6, 6.07) is 11.1. The first kappa shape index (κ1) is 16.0. The van der Waals surface area contributed by atoms with Crippen LogP contribution in [-0.2, 0) is 4.79 Å². The minimum Gasteiger partial charge on any atom is -0.481 e. The fourth-order valence-corrected chi connectivity index (χ4v) is 2.86. The minimum atomic E-state index is -0.878. The molecule has 24 heavy (non-hydrogen) atoms. The van der Waals surface area contributed by atoms with Gasteiger partial charge < -0.3 is 10.0 Å². The average Bonchev–Trinajstić information content (AvgIpc) is 3.12. The first-order valence-corrected chi connectivity index (χ1v) is 7.80. The van der Waals surface area contributed by atoms with Crippen molar-refractivity contribution in [2.45, 2.75) is 20.3 Å². The van der Waals surface area contributed by atoms with E-state index in [1.54, 1.807) is 17.7 Å². The fourth-order valence-electron chi connectivity index (χ4n) is 2.86. The first-order valence-electron chi connectivity index (χ1n) is 7.80. The summed E-state index contributed by atoms with van der Waals surface area (Å²) in [7, 11) is 0. The van der Waals surface area contributed by atoms with Crippen molar-refractivity contribution in [1.29, 1.82) is 0 Å². The maximum atomic E-state index is 12.4. The zero-order chi connectivity index (χ0) is 17.3. The second-order valence-electron chi connectivity index (χ2n) is 6.39. The molecule has 2 N–H and O–H groups in total. The predicted octanol–water partition coefficient (Wildman–Crippen LogP) is 2.51. The van der Waals surface area contributed by atoms with E-state index in [4.69, 9.17) is 0 Å². The molecule has 126 valence electrons. The van der Waals surface area contributed by atoms with E-state index in [0.717, 1.165) is 11.4 Å². The first-order chi connectivity index (χ1) is 11.4. The Morgan fingerprint density at radius 2 is 2.00 bits per heavy atom. The lowest BCUT2D eigenvalue weighted by atomic mass is 9.90. The van der Waals surface area contributed by atoms with Crippen molar-refractivity contribution in [2.24, 2.45) is 5.41 Å². The molecule has 2 heterocycles. The number of aryl methyl sites for hydroxylation is 1. The normalized spacial score (nSPS) is 20.2. The topological polar surface area (TPSA) is 87.5 Å². The molecule has 2 aromatic rings. The summed E-state index contributed by atoms with van der Waals surface area (Å²) in [5, 5.41) is 16.4. The molecule has 1 aliphatic heterocycles. The van der Waals surface area contributed by atoms with Gasteiger partial charge in [0.25, 0.3) is 0 Å². The van der Waals surface area contributed by atoms with Gasteiger partial charge in [-0.25, -0.2) is 9.48 Å². The Morgan fingerprint density at radius 3 is 2.62 bits per heavy atom. The summed E-state index contributed by atoms with van der Waals surface area (Å²) in [6.45, 7) is 4.20. The van der Waals surface area contributed by atoms with Gasteiger partial charge >= 0.3 is 12.0 Å². The number of para-hydroxylation sites is 1. The third kappa shape index (κ3) is 2.97. The van der Waals surface area contributed by atoms with Crippen molar-refractivity contribution in [3.63, 3.8) is 0 Å². The highest BCUT2D eigenvalue weighted by atomic mass is 16.4. The van der Waals surface area contributed by atoms with Crippen LogP contribution < -0.4 is 5.32 Å². The van der Waals surface area contributed by atoms with Gasteiger partial charge in [0.15, 0.2) is 5.82 Å². The van der Waals surface area contributed by atoms with Crippen LogP contribution in [0.4, 0.5) is 10.6 Å². The number of nitrogens with one attached hydrogen (secondary N) is 1. The number of amides is 2. The van der Waals surface area contributed by atoms with E-state index >= 15 is 0 Å². The van der Waals surface area contributed by atoms with Gasteiger partial charge in [-0.3, -0.25) is 10.1 Å². The second-order valence-corrected chi connectivity index (χ2v) is 6.39. The Balaban J connectivity index is 1.71. The van der Waals surface area contributed by atoms with E-state index in [2.05, 4.69) is 10.4 Å². The van der Waals surface area contributed by atoms with E-state index in [0.29, 0.717) is 18.8 Å². The van der Waals surface area contributed by atoms with Crippen molar-refractivity contribution >= 4 is 17.8 Å². The molecule has 0 spiro atoms. The number of nitrogens with zero attached hydrogens (tertiary/aromatic N) is 3. The lowest BCUT2D eigenvalue weighted by Gasteiger charge is -2.20. The fraction of sp³-hybridized carbons (Fsp3) is 0.353. The SMILES string of the molecule is Cc1cc(NC(=O)N2CCC(C)(C(=O)O)C2)nn1-c1ccccc1. The third-order valence-electron chi connectivity index (χ3n) is 4.40. The van der Waals surface area contributed by atoms with Crippen molar-refractivity contribution in [2.75, 3.05) is 18.4 Å². The molecule has 7 nitrogen and oxygen atoms in total. The standard InChI is InChI=1S/C17H20N4O3/c1-12-10-14(19-21(12)13-6-4-3-5-7-13)18-16(24)20-9-8-17(2,11-20)15(22)23/h3-7,10H,8-9,11H2,1-2H3,(H,22,23)(H,18,19,24). The molecule has 7 heteroatoms. The number of hydrogen-bond donors (Lipinski definition) is 2. The molecule has 0 aliphatic carbocycles. The Labute approximate surface area is 139 Å². The summed E-state index contributed by atoms with van der Waals surface area (Å²) in [6.07, 6.45) is 0.452. The molecule has 1 atom stereocenters. The highest BCUT2D eigenvalue weighted by molar-refractivity contribution is 5.89. The van der Waals surface area contributed by atoms with Crippen LogP contribution in [0.25, 0.3) is 5.69 Å². The van der Waals surface area contributed by atoms with Crippen LogP contribution in [0.2, 0.25) is 0 Å². The molecule has 0 radical (unpaired) electrons. The van der Waals surface area contributed by atoms with Crippen LogP contribution in [0.1, 0.15) is 19.0 Å². The molecular weight excluding hydrogens is 308 g/mol. The van der Waals surface area contributed by atoms with E-state index < -0.39 is 11.4 Å². The van der Waals surface area contributed by atoms with Crippen LogP contribution in [0, 0.1) is 12.3 Å². The molecule has 3 rings (SSSR count). The van der Waals surface area contributed by atoms with Gasteiger partial charge in [0.1, 0.15) is 0 Å². The zero-order valence-electron chi connectivity index (χ0n) is 13.7. The van der Waals surface area contributed by atoms with Crippen molar-refractivity contribution in [3.05, 3.63) is 42.1 Å². The van der Waals surface area contributed by atoms with E-state index in [1.807, 2.05) is 37.3 Å². The number of carbonyl (C=O) groups excluding carboxylic acids is 1. The largest absolute Gasteiger partial charge is 0.481 e. The van der Waals surface area contributed by atoms with Gasteiger partial charge in [0, 0.05) is 24.8 Å². The molecule has 1 aliphatic rings. The number of rotatable bonds is 3. The van der Waals surface area contributed by atoms with Gasteiger partial charge in [0.05, 0.1) is 11.1 Å². The molecule has 0 bridgehead atoms. The van der Waals surface area contributed by atoms with Crippen molar-refractivity contribution < 1.29 is 14.7 Å². The second kappa shape index (κ2) is 5.99. The number of carboxylic acid groups (broad SMARTS) is 1. The number of benzene rings is 1. The van der Waals surface area contributed by atoms with Crippen molar-refractivity contribution in [1.82, 2.24) is 14.7 Å². The van der Waals surface area contributed by atoms with E-state index in [1.165, 1.54) is 4.90 Å². The van der Waals surface area contributed by atoms with E-state index in [9.17, 15) is 14.7 Å². The van der Waals surface area contributed by atoms with Gasteiger partial charge in [-0.1, -0.05) is 18.2 Å². The van der Waals surface area contributed by atoms with Gasteiger partial charge in [-0.15, -0.1) is 5.10 Å². The van der Waals surface area contributed by atoms with Gasteiger partial charge in [0.2, 0.25) is 0 Å². The van der Waals surface area contributed by atoms with Crippen LogP contribution >= 0.6 is 0 Å². The summed E-state index contributed by atoms with van der Waals surface area (Å²) in [4.78, 5) is 25.2. The maximum Gasteiger partial charge on any atom is 0.323 e. The average molecular weight is 328 g/mol. The number of likely N-dealkylation sites (tertiary alicyclic amines) is 1. The number of anilines is 1. The van der Waals surface area contributed by atoms with Crippen molar-refractivity contribution in [3.8, 4) is 5.69 Å². The minimum absolute atomic E-state index is 0.201. The molecule has 2 amide bonds. The predicted molar refractivity (Wildman–Crippen MR) is 89.3 cm³/mol. The summed E-state index contributed by atoms with van der Waals surface area (Å²) < 4.78 is 1.75. The molecule has 1 aromatic carbocycles. The molecule has 0 saturated carbocycles. The number of hydrogen-bond acceptors (Lipinski definition) is 3. The lowest BCUT2D eigenvalue weighted by molar-refractivity contribution is -0.146. The number of carboxylic acids is 1. The Bertz CT molecular complexity index is 771. The van der Waals surface area contributed by atoms with Crippen LogP contribution in [0.3, 0.4) is 0 Å². The highest BCUT2D eigenvalue weighted by Gasteiger charge is 2.42. The maximum absolute atomic E-state index is 12.4. The number of carbonyl (C=O) groups is 2.